The number of rotatable bonds is 5. The number of hydrogen-bond donors (Lipinski definition) is 0. The van der Waals surface area contributed by atoms with Crippen molar-refractivity contribution < 1.29 is 17.9 Å². The lowest BCUT2D eigenvalue weighted by atomic mass is 10.1. The molecule has 0 unspecified atom stereocenters. The fraction of sp³-hybridized carbons (Fsp3) is 0.364. The van der Waals surface area contributed by atoms with E-state index in [9.17, 15) is 18.1 Å². The zero-order chi connectivity index (χ0) is 14.6. The van der Waals surface area contributed by atoms with E-state index in [0.717, 1.165) is 6.26 Å². The molecule has 0 atom stereocenters. The molecule has 0 N–H and O–H groups in total. The lowest BCUT2D eigenvalue weighted by molar-refractivity contribution is 0.0600. The molecule has 6 nitrogen and oxygen atoms in total. The van der Waals surface area contributed by atoms with Gasteiger partial charge in [0.2, 0.25) is 0 Å². The number of nitroso groups, excluding NO2 is 1. The molecule has 0 amide bonds. The van der Waals surface area contributed by atoms with Crippen LogP contribution in [-0.2, 0) is 21.0 Å². The minimum absolute atomic E-state index is 0.0196. The molecule has 0 heterocycles. The van der Waals surface area contributed by atoms with E-state index in [2.05, 4.69) is 9.91 Å². The number of hydrogen-bond acceptors (Lipinski definition) is 6. The third-order valence-corrected chi connectivity index (χ3v) is 4.07. The summed E-state index contributed by atoms with van der Waals surface area (Å²) in [5, 5.41) is 2.64. The Balaban J connectivity index is 3.49. The molecule has 19 heavy (non-hydrogen) atoms. The first-order valence-electron chi connectivity index (χ1n) is 5.21. The smallest absolute Gasteiger partial charge is 0.339 e. The van der Waals surface area contributed by atoms with Gasteiger partial charge in [-0.05, 0) is 24.1 Å². The zero-order valence-corrected chi connectivity index (χ0v) is 11.9. The van der Waals surface area contributed by atoms with Crippen LogP contribution in [0, 0.1) is 4.91 Å². The Bertz CT molecular complexity index is 612. The fourth-order valence-electron chi connectivity index (χ4n) is 1.61. The summed E-state index contributed by atoms with van der Waals surface area (Å²) in [5.74, 6) is -0.676. The minimum atomic E-state index is -3.52. The van der Waals surface area contributed by atoms with Crippen molar-refractivity contribution in [2.24, 2.45) is 5.18 Å². The van der Waals surface area contributed by atoms with Gasteiger partial charge in [0.1, 0.15) is 0 Å². The lowest BCUT2D eigenvalue weighted by Crippen LogP contribution is -2.09. The molecular weight excluding hydrogens is 294 g/mol. The zero-order valence-electron chi connectivity index (χ0n) is 10.3. The summed E-state index contributed by atoms with van der Waals surface area (Å²) in [7, 11) is -2.33. The molecule has 1 rings (SSSR count). The number of sulfone groups is 1. The maximum Gasteiger partial charge on any atom is 0.339 e. The first kappa shape index (κ1) is 15.6. The van der Waals surface area contributed by atoms with Crippen molar-refractivity contribution in [2.75, 3.05) is 19.9 Å². The Hall–Kier alpha value is -1.47. The predicted octanol–water partition coefficient (Wildman–Crippen LogP) is 1.84. The second-order valence-electron chi connectivity index (χ2n) is 3.77. The van der Waals surface area contributed by atoms with Crippen molar-refractivity contribution in [3.63, 3.8) is 0 Å². The van der Waals surface area contributed by atoms with Crippen molar-refractivity contribution in [3.05, 3.63) is 33.2 Å². The maximum atomic E-state index is 11.6. The van der Waals surface area contributed by atoms with Gasteiger partial charge in [-0.1, -0.05) is 16.8 Å². The molecule has 0 aliphatic rings. The Morgan fingerprint density at radius 2 is 2.05 bits per heavy atom. The van der Waals surface area contributed by atoms with E-state index in [1.165, 1.54) is 19.2 Å². The Morgan fingerprint density at radius 3 is 2.53 bits per heavy atom. The summed E-state index contributed by atoms with van der Waals surface area (Å²) in [6.45, 7) is -0.132. The highest BCUT2D eigenvalue weighted by atomic mass is 35.5. The van der Waals surface area contributed by atoms with Gasteiger partial charge in [0.15, 0.2) is 9.84 Å². The van der Waals surface area contributed by atoms with E-state index in [4.69, 9.17) is 11.6 Å². The van der Waals surface area contributed by atoms with Gasteiger partial charge >= 0.3 is 5.97 Å². The van der Waals surface area contributed by atoms with Crippen molar-refractivity contribution >= 4 is 27.4 Å². The van der Waals surface area contributed by atoms with Crippen molar-refractivity contribution in [2.45, 2.75) is 11.3 Å². The second-order valence-corrected chi connectivity index (χ2v) is 6.13. The SMILES string of the molecule is COC(=O)c1ccc(S(C)(=O)=O)c(CCN=O)c1Cl. The maximum absolute atomic E-state index is 11.6. The second kappa shape index (κ2) is 6.12. The number of esters is 1. The largest absolute Gasteiger partial charge is 0.465 e. The third kappa shape index (κ3) is 3.51. The molecule has 8 heteroatoms. The van der Waals surface area contributed by atoms with Crippen LogP contribution in [0.1, 0.15) is 15.9 Å². The van der Waals surface area contributed by atoms with E-state index in [-0.39, 0.29) is 34.0 Å². The first-order chi connectivity index (χ1) is 8.82. The number of carbonyl (C=O) groups excluding carboxylic acids is 1. The summed E-state index contributed by atoms with van der Waals surface area (Å²) in [6.07, 6.45) is 1.06. The van der Waals surface area contributed by atoms with Gasteiger partial charge in [-0.15, -0.1) is 0 Å². The Labute approximate surface area is 115 Å². The molecule has 0 aromatic heterocycles. The van der Waals surface area contributed by atoms with E-state index < -0.39 is 15.8 Å². The predicted molar refractivity (Wildman–Crippen MR) is 70.3 cm³/mol. The normalized spacial score (nSPS) is 11.1. The molecule has 0 saturated carbocycles. The highest BCUT2D eigenvalue weighted by Crippen LogP contribution is 2.29. The van der Waals surface area contributed by atoms with E-state index in [1.807, 2.05) is 0 Å². The molecule has 0 bridgehead atoms. The quantitative estimate of drug-likeness (QED) is 0.611. The van der Waals surface area contributed by atoms with Crippen molar-refractivity contribution in [3.8, 4) is 0 Å². The molecule has 1 aromatic rings. The van der Waals surface area contributed by atoms with Crippen molar-refractivity contribution in [1.29, 1.82) is 0 Å². The van der Waals surface area contributed by atoms with Gasteiger partial charge in [0.25, 0.3) is 0 Å². The summed E-state index contributed by atoms with van der Waals surface area (Å²) >= 11 is 6.02. The lowest BCUT2D eigenvalue weighted by Gasteiger charge is -2.11. The average molecular weight is 306 g/mol. The molecule has 0 radical (unpaired) electrons. The molecular formula is C11H12ClNO5S. The van der Waals surface area contributed by atoms with Gasteiger partial charge in [-0.25, -0.2) is 13.2 Å². The molecule has 0 aliphatic heterocycles. The van der Waals surface area contributed by atoms with E-state index >= 15 is 0 Å². The number of ether oxygens (including phenoxy) is 1. The monoisotopic (exact) mass is 305 g/mol. The minimum Gasteiger partial charge on any atom is -0.465 e. The molecule has 1 aromatic carbocycles. The van der Waals surface area contributed by atoms with E-state index in [0.29, 0.717) is 0 Å². The van der Waals surface area contributed by atoms with Gasteiger partial charge in [0, 0.05) is 6.26 Å². The van der Waals surface area contributed by atoms with Crippen LogP contribution in [0.25, 0.3) is 0 Å². The summed E-state index contributed by atoms with van der Waals surface area (Å²) < 4.78 is 27.8. The molecule has 0 spiro atoms. The topological polar surface area (TPSA) is 89.9 Å². The van der Waals surface area contributed by atoms with Crippen LogP contribution in [0.3, 0.4) is 0 Å². The number of methoxy groups -OCH3 is 1. The molecule has 104 valence electrons. The fourth-order valence-corrected chi connectivity index (χ4v) is 2.97. The highest BCUT2D eigenvalue weighted by molar-refractivity contribution is 7.90. The van der Waals surface area contributed by atoms with Crippen LogP contribution in [0.5, 0.6) is 0 Å². The van der Waals surface area contributed by atoms with E-state index in [1.54, 1.807) is 0 Å². The van der Waals surface area contributed by atoms with Crippen LogP contribution in [0.2, 0.25) is 5.02 Å². The molecule has 0 aliphatic carbocycles. The third-order valence-electron chi connectivity index (χ3n) is 2.46. The Kier molecular flexibility index (Phi) is 5.02. The number of halogens is 1. The summed E-state index contributed by atoms with van der Waals surface area (Å²) in [4.78, 5) is 21.7. The van der Waals surface area contributed by atoms with Gasteiger partial charge in [0.05, 0.1) is 29.1 Å². The number of nitrogens with zero attached hydrogens (tertiary/aromatic N) is 1. The Morgan fingerprint density at radius 1 is 1.42 bits per heavy atom. The van der Waals surface area contributed by atoms with Crippen LogP contribution in [0.4, 0.5) is 0 Å². The molecule has 0 fully saturated rings. The van der Waals surface area contributed by atoms with Crippen LogP contribution >= 0.6 is 11.6 Å². The standard InChI is InChI=1S/C11H12ClNO5S/c1-18-11(14)8-3-4-9(19(2,16)17)7(10(8)12)5-6-13-15/h3-4H,5-6H2,1-2H3. The van der Waals surface area contributed by atoms with Crippen LogP contribution < -0.4 is 0 Å². The first-order valence-corrected chi connectivity index (χ1v) is 7.48. The highest BCUT2D eigenvalue weighted by Gasteiger charge is 2.21. The summed E-state index contributed by atoms with van der Waals surface area (Å²) in [6, 6.07) is 2.55. The van der Waals surface area contributed by atoms with Crippen LogP contribution in [0.15, 0.2) is 22.2 Å². The number of benzene rings is 1. The average Bonchev–Trinajstić information content (AvgIpc) is 2.34. The summed E-state index contributed by atoms with van der Waals surface area (Å²) in [5.41, 5.74) is 0.254. The molecule has 0 saturated heterocycles. The van der Waals surface area contributed by atoms with Crippen LogP contribution in [-0.4, -0.2) is 34.3 Å². The van der Waals surface area contributed by atoms with Gasteiger partial charge in [-0.3, -0.25) is 0 Å². The number of carbonyl (C=O) groups is 1. The van der Waals surface area contributed by atoms with Gasteiger partial charge < -0.3 is 4.74 Å². The van der Waals surface area contributed by atoms with Crippen molar-refractivity contribution in [1.82, 2.24) is 0 Å². The van der Waals surface area contributed by atoms with Gasteiger partial charge in [-0.2, -0.15) is 4.91 Å².